The molecule has 2 heterocycles. The number of halogens is 2. The minimum Gasteiger partial charge on any atom is -0.507 e. The van der Waals surface area contributed by atoms with E-state index in [2.05, 4.69) is 36.8 Å². The predicted molar refractivity (Wildman–Crippen MR) is 146 cm³/mol. The second kappa shape index (κ2) is 9.95. The summed E-state index contributed by atoms with van der Waals surface area (Å²) in [6, 6.07) is 19.5. The highest BCUT2D eigenvalue weighted by atomic mass is 79.9. The Morgan fingerprint density at radius 2 is 1.67 bits per heavy atom. The number of hydrogen-bond acceptors (Lipinski definition) is 4. The fraction of sp³-hybridized carbons (Fsp3) is 0.143. The zero-order valence-corrected chi connectivity index (χ0v) is 22.5. The van der Waals surface area contributed by atoms with Gasteiger partial charge in [0.1, 0.15) is 11.5 Å². The van der Waals surface area contributed by atoms with Crippen LogP contribution in [-0.2, 0) is 16.0 Å². The number of benzene rings is 3. The Morgan fingerprint density at radius 3 is 2.33 bits per heavy atom. The Hall–Kier alpha value is -3.36. The van der Waals surface area contributed by atoms with Gasteiger partial charge in [-0.2, -0.15) is 0 Å². The second-order valence-electron chi connectivity index (χ2n) is 8.53. The highest BCUT2D eigenvalue weighted by Crippen LogP contribution is 2.40. The van der Waals surface area contributed by atoms with Crippen LogP contribution in [0.2, 0.25) is 0 Å². The lowest BCUT2D eigenvalue weighted by Crippen LogP contribution is -2.31. The van der Waals surface area contributed by atoms with Crippen LogP contribution in [0.3, 0.4) is 0 Å². The molecule has 0 radical (unpaired) electrons. The van der Waals surface area contributed by atoms with E-state index in [1.807, 2.05) is 48.7 Å². The summed E-state index contributed by atoms with van der Waals surface area (Å²) in [6.07, 6.45) is 2.43. The number of ether oxygens (including phenoxy) is 1. The third-order valence-corrected chi connectivity index (χ3v) is 7.50. The number of aromatic nitrogens is 1. The van der Waals surface area contributed by atoms with Crippen LogP contribution in [-0.4, -0.2) is 40.3 Å². The quantitative estimate of drug-likeness (QED) is 0.151. The van der Waals surface area contributed by atoms with E-state index in [-0.39, 0.29) is 11.3 Å². The molecular formula is C28H22Br2N2O4. The van der Waals surface area contributed by atoms with Gasteiger partial charge in [0.05, 0.1) is 18.7 Å². The van der Waals surface area contributed by atoms with Crippen molar-refractivity contribution in [2.45, 2.75) is 12.5 Å². The van der Waals surface area contributed by atoms with Crippen LogP contribution < -0.4 is 4.74 Å². The van der Waals surface area contributed by atoms with Gasteiger partial charge in [-0.25, -0.2) is 0 Å². The molecule has 182 valence electrons. The number of carbonyl (C=O) groups excluding carboxylic acids is 2. The molecule has 1 saturated heterocycles. The lowest BCUT2D eigenvalue weighted by atomic mass is 9.95. The molecule has 1 atom stereocenters. The SMILES string of the molecule is COc1ccc2[nH]cc(CCN3C(=O)C(=O)C(=C(O)c4ccc(Br)cc4)[C@@H]3c3ccc(Br)cc3)c2c1. The Kier molecular flexibility index (Phi) is 6.73. The van der Waals surface area contributed by atoms with E-state index in [4.69, 9.17) is 4.74 Å². The van der Waals surface area contributed by atoms with Crippen molar-refractivity contribution in [3.8, 4) is 5.75 Å². The van der Waals surface area contributed by atoms with Crippen LogP contribution in [0.15, 0.2) is 87.4 Å². The monoisotopic (exact) mass is 608 g/mol. The standard InChI is InChI=1S/C28H22Br2N2O4/c1-36-21-10-11-23-22(14-21)18(15-31-23)12-13-32-25(16-2-6-19(29)7-3-16)24(27(34)28(32)35)26(33)17-4-8-20(30)9-5-17/h2-11,14-15,25,31,33H,12-13H2,1H3/t25-/m0/s1. The number of hydrogen-bond donors (Lipinski definition) is 2. The first-order valence-corrected chi connectivity index (χ1v) is 12.9. The van der Waals surface area contributed by atoms with Crippen molar-refractivity contribution < 1.29 is 19.4 Å². The smallest absolute Gasteiger partial charge is 0.295 e. The van der Waals surface area contributed by atoms with Crippen LogP contribution in [0, 0.1) is 0 Å². The fourth-order valence-electron chi connectivity index (χ4n) is 4.60. The largest absolute Gasteiger partial charge is 0.507 e. The van der Waals surface area contributed by atoms with Crippen molar-refractivity contribution in [1.29, 1.82) is 0 Å². The maximum absolute atomic E-state index is 13.3. The lowest BCUT2D eigenvalue weighted by molar-refractivity contribution is -0.139. The van der Waals surface area contributed by atoms with Gasteiger partial charge in [0.2, 0.25) is 0 Å². The zero-order valence-electron chi connectivity index (χ0n) is 19.3. The van der Waals surface area contributed by atoms with E-state index >= 15 is 0 Å². The molecule has 5 rings (SSSR count). The van der Waals surface area contributed by atoms with Crippen molar-refractivity contribution in [3.63, 3.8) is 0 Å². The Labute approximate surface area is 224 Å². The van der Waals surface area contributed by atoms with E-state index in [1.165, 1.54) is 0 Å². The maximum atomic E-state index is 13.3. The number of nitrogens with zero attached hydrogens (tertiary/aromatic N) is 1. The number of carbonyl (C=O) groups is 2. The Bertz CT molecular complexity index is 1490. The summed E-state index contributed by atoms with van der Waals surface area (Å²) in [4.78, 5) is 31.3. The Morgan fingerprint density at radius 1 is 1.00 bits per heavy atom. The number of aliphatic hydroxyl groups excluding tert-OH is 1. The molecule has 36 heavy (non-hydrogen) atoms. The van der Waals surface area contributed by atoms with Gasteiger partial charge < -0.3 is 19.7 Å². The number of methoxy groups -OCH3 is 1. The molecule has 1 amide bonds. The average Bonchev–Trinajstić information content (AvgIpc) is 3.40. The van der Waals surface area contributed by atoms with Gasteiger partial charge in [0, 0.05) is 38.2 Å². The summed E-state index contributed by atoms with van der Waals surface area (Å²) < 4.78 is 7.09. The van der Waals surface area contributed by atoms with Crippen LogP contribution >= 0.6 is 31.9 Å². The number of H-pyrrole nitrogens is 1. The van der Waals surface area contributed by atoms with Crippen molar-refractivity contribution >= 4 is 60.2 Å². The molecule has 0 aliphatic carbocycles. The number of ketones is 1. The molecule has 4 aromatic rings. The van der Waals surface area contributed by atoms with Gasteiger partial charge in [0.25, 0.3) is 11.7 Å². The first-order valence-electron chi connectivity index (χ1n) is 11.3. The van der Waals surface area contributed by atoms with Crippen LogP contribution in [0.1, 0.15) is 22.7 Å². The number of rotatable bonds is 6. The molecule has 1 aliphatic rings. The van der Waals surface area contributed by atoms with Crippen molar-refractivity contribution in [2.75, 3.05) is 13.7 Å². The molecule has 0 bridgehead atoms. The highest BCUT2D eigenvalue weighted by Gasteiger charge is 2.45. The minimum atomic E-state index is -0.707. The molecule has 6 nitrogen and oxygen atoms in total. The van der Waals surface area contributed by atoms with Gasteiger partial charge in [-0.15, -0.1) is 0 Å². The van der Waals surface area contributed by atoms with Crippen molar-refractivity contribution in [3.05, 3.63) is 104 Å². The first-order chi connectivity index (χ1) is 17.4. The van der Waals surface area contributed by atoms with Gasteiger partial charge in [0.15, 0.2) is 0 Å². The van der Waals surface area contributed by atoms with Gasteiger partial charge in [-0.1, -0.05) is 56.1 Å². The third-order valence-electron chi connectivity index (χ3n) is 6.44. The number of likely N-dealkylation sites (tertiary alicyclic amines) is 1. The molecule has 3 aromatic carbocycles. The number of aromatic amines is 1. The summed E-state index contributed by atoms with van der Waals surface area (Å²) >= 11 is 6.83. The van der Waals surface area contributed by atoms with Crippen LogP contribution in [0.4, 0.5) is 0 Å². The van der Waals surface area contributed by atoms with E-state index in [1.54, 1.807) is 36.3 Å². The molecule has 1 aliphatic heterocycles. The first kappa shape index (κ1) is 24.3. The van der Waals surface area contributed by atoms with E-state index in [0.29, 0.717) is 18.5 Å². The summed E-state index contributed by atoms with van der Waals surface area (Å²) in [5, 5.41) is 12.2. The molecule has 1 aromatic heterocycles. The van der Waals surface area contributed by atoms with E-state index in [9.17, 15) is 14.7 Å². The molecule has 2 N–H and O–H groups in total. The van der Waals surface area contributed by atoms with E-state index < -0.39 is 17.7 Å². The lowest BCUT2D eigenvalue weighted by Gasteiger charge is -2.25. The summed E-state index contributed by atoms with van der Waals surface area (Å²) in [5.74, 6) is -0.760. The number of amides is 1. The molecule has 1 fully saturated rings. The molecular weight excluding hydrogens is 588 g/mol. The van der Waals surface area contributed by atoms with Gasteiger partial charge >= 0.3 is 0 Å². The van der Waals surface area contributed by atoms with Crippen molar-refractivity contribution in [2.24, 2.45) is 0 Å². The number of fused-ring (bicyclic) bond motifs is 1. The summed E-state index contributed by atoms with van der Waals surface area (Å²) in [6.45, 7) is 0.298. The average molecular weight is 610 g/mol. The van der Waals surface area contributed by atoms with Crippen LogP contribution in [0.5, 0.6) is 5.75 Å². The van der Waals surface area contributed by atoms with Gasteiger partial charge in [-0.05, 0) is 60.0 Å². The normalized spacial score (nSPS) is 17.2. The molecule has 0 spiro atoms. The predicted octanol–water partition coefficient (Wildman–Crippen LogP) is 6.37. The van der Waals surface area contributed by atoms with E-state index in [0.717, 1.165) is 36.7 Å². The zero-order chi connectivity index (χ0) is 25.4. The topological polar surface area (TPSA) is 82.6 Å². The fourth-order valence-corrected chi connectivity index (χ4v) is 5.13. The summed E-state index contributed by atoms with van der Waals surface area (Å²) in [5.41, 5.74) is 3.28. The second-order valence-corrected chi connectivity index (χ2v) is 10.4. The third kappa shape index (κ3) is 4.47. The highest BCUT2D eigenvalue weighted by molar-refractivity contribution is 9.10. The molecule has 0 unspecified atom stereocenters. The number of Topliss-reactive ketones (excluding diaryl/α,β-unsaturated/α-hetero) is 1. The minimum absolute atomic E-state index is 0.0882. The number of nitrogens with one attached hydrogen (secondary N) is 1. The Balaban J connectivity index is 1.55. The van der Waals surface area contributed by atoms with Crippen molar-refractivity contribution in [1.82, 2.24) is 9.88 Å². The molecule has 8 heteroatoms. The maximum Gasteiger partial charge on any atom is 0.295 e. The van der Waals surface area contributed by atoms with Gasteiger partial charge in [-0.3, -0.25) is 9.59 Å². The van der Waals surface area contributed by atoms with Crippen LogP contribution in [0.25, 0.3) is 16.7 Å². The summed E-state index contributed by atoms with van der Waals surface area (Å²) in [7, 11) is 1.62. The number of aliphatic hydroxyl groups is 1. The molecule has 0 saturated carbocycles.